The summed E-state index contributed by atoms with van der Waals surface area (Å²) < 4.78 is 55.7. The van der Waals surface area contributed by atoms with Crippen molar-refractivity contribution in [2.24, 2.45) is 0 Å². The van der Waals surface area contributed by atoms with Crippen molar-refractivity contribution in [3.8, 4) is 11.8 Å². The average molecular weight is 511 g/mol. The number of para-hydroxylation sites is 1. The second kappa shape index (κ2) is 9.76. The van der Waals surface area contributed by atoms with Gasteiger partial charge in [-0.25, -0.2) is 4.21 Å². The van der Waals surface area contributed by atoms with Gasteiger partial charge in [-0.2, -0.15) is 18.4 Å². The summed E-state index contributed by atoms with van der Waals surface area (Å²) in [6.07, 6.45) is -3.11. The first-order valence-electron chi connectivity index (χ1n) is 9.82. The SMILES string of the molecule is Cc1c(/C=C(\C#N)S(=O)c2cc(Cl)cc(Cl)c2)cc(C(C)C)n1-c1ccccc1C(F)(F)F. The number of alkyl halides is 3. The number of aromatic nitrogens is 1. The van der Waals surface area contributed by atoms with Crippen LogP contribution in [-0.4, -0.2) is 8.78 Å². The molecule has 0 bridgehead atoms. The molecule has 172 valence electrons. The Morgan fingerprint density at radius 2 is 1.73 bits per heavy atom. The lowest BCUT2D eigenvalue weighted by molar-refractivity contribution is -0.137. The van der Waals surface area contributed by atoms with E-state index in [9.17, 15) is 22.6 Å². The molecule has 0 aliphatic carbocycles. The van der Waals surface area contributed by atoms with E-state index in [4.69, 9.17) is 23.2 Å². The lowest BCUT2D eigenvalue weighted by Crippen LogP contribution is -2.13. The fourth-order valence-corrected chi connectivity index (χ4v) is 5.18. The summed E-state index contributed by atoms with van der Waals surface area (Å²) in [4.78, 5) is 0.178. The molecular formula is C24H19Cl2F3N2OS. The van der Waals surface area contributed by atoms with Crippen molar-refractivity contribution in [2.45, 2.75) is 37.8 Å². The minimum atomic E-state index is -4.54. The molecule has 0 aliphatic rings. The molecule has 1 aromatic heterocycles. The smallest absolute Gasteiger partial charge is 0.317 e. The predicted octanol–water partition coefficient (Wildman–Crippen LogP) is 7.91. The summed E-state index contributed by atoms with van der Waals surface area (Å²) in [5.41, 5.74) is 0.841. The zero-order chi connectivity index (χ0) is 24.5. The van der Waals surface area contributed by atoms with Crippen molar-refractivity contribution >= 4 is 40.1 Å². The highest BCUT2D eigenvalue weighted by atomic mass is 35.5. The number of hydrogen-bond acceptors (Lipinski definition) is 2. The van der Waals surface area contributed by atoms with Gasteiger partial charge < -0.3 is 4.57 Å². The second-order valence-corrected chi connectivity index (χ2v) is 9.93. The maximum atomic E-state index is 13.7. The molecule has 0 radical (unpaired) electrons. The van der Waals surface area contributed by atoms with Crippen molar-refractivity contribution < 1.29 is 17.4 Å². The van der Waals surface area contributed by atoms with Crippen LogP contribution in [0.1, 0.15) is 42.3 Å². The lowest BCUT2D eigenvalue weighted by atomic mass is 10.1. The third kappa shape index (κ3) is 5.35. The monoisotopic (exact) mass is 510 g/mol. The summed E-state index contributed by atoms with van der Waals surface area (Å²) in [7, 11) is -1.88. The van der Waals surface area contributed by atoms with Gasteiger partial charge in [0.1, 0.15) is 11.0 Å². The van der Waals surface area contributed by atoms with Gasteiger partial charge in [0.2, 0.25) is 0 Å². The third-order valence-electron chi connectivity index (χ3n) is 5.00. The Morgan fingerprint density at radius 1 is 1.12 bits per heavy atom. The van der Waals surface area contributed by atoms with Crippen LogP contribution < -0.4 is 0 Å². The number of hydrogen-bond donors (Lipinski definition) is 0. The Labute approximate surface area is 202 Å². The van der Waals surface area contributed by atoms with Crippen LogP contribution >= 0.6 is 23.2 Å². The average Bonchev–Trinajstić information content (AvgIpc) is 3.06. The number of nitriles is 1. The number of halogens is 5. The Balaban J connectivity index is 2.19. The first-order chi connectivity index (χ1) is 15.4. The van der Waals surface area contributed by atoms with E-state index in [0.717, 1.165) is 6.07 Å². The summed E-state index contributed by atoms with van der Waals surface area (Å²) in [6.45, 7) is 5.40. The molecule has 3 nitrogen and oxygen atoms in total. The van der Waals surface area contributed by atoms with Crippen molar-refractivity contribution in [2.75, 3.05) is 0 Å². The molecule has 0 spiro atoms. The van der Waals surface area contributed by atoms with Gasteiger partial charge in [-0.3, -0.25) is 0 Å². The number of benzene rings is 2. The standard InChI is InChI=1S/C24H19Cl2F3N2OS/c1-14(2)23-9-16(8-20(13-30)33(32)19-11-17(25)10-18(26)12-19)15(3)31(23)22-7-5-4-6-21(22)24(27,28)29/h4-12,14H,1-3H3/b20-8+. The lowest BCUT2D eigenvalue weighted by Gasteiger charge is -2.19. The first-order valence-corrected chi connectivity index (χ1v) is 11.7. The van der Waals surface area contributed by atoms with Crippen molar-refractivity contribution in [3.05, 3.63) is 86.0 Å². The molecule has 1 unspecified atom stereocenters. The van der Waals surface area contributed by atoms with Gasteiger partial charge in [-0.15, -0.1) is 0 Å². The quantitative estimate of drug-likeness (QED) is 0.327. The van der Waals surface area contributed by atoms with Crippen LogP contribution in [0.4, 0.5) is 13.2 Å². The topological polar surface area (TPSA) is 45.8 Å². The molecule has 2 aromatic carbocycles. The van der Waals surface area contributed by atoms with Gasteiger partial charge in [0.25, 0.3) is 0 Å². The first kappa shape index (κ1) is 25.1. The van der Waals surface area contributed by atoms with E-state index in [0.29, 0.717) is 17.0 Å². The van der Waals surface area contributed by atoms with Gasteiger partial charge in [0.05, 0.1) is 22.1 Å². The summed E-state index contributed by atoms with van der Waals surface area (Å²) in [5, 5.41) is 10.2. The van der Waals surface area contributed by atoms with Crippen LogP contribution in [0.15, 0.2) is 58.3 Å². The maximum Gasteiger partial charge on any atom is 0.418 e. The van der Waals surface area contributed by atoms with E-state index in [1.165, 1.54) is 41.0 Å². The fourth-order valence-electron chi connectivity index (χ4n) is 3.48. The van der Waals surface area contributed by atoms with Crippen molar-refractivity contribution in [1.82, 2.24) is 4.57 Å². The van der Waals surface area contributed by atoms with Crippen LogP contribution in [0.3, 0.4) is 0 Å². The molecule has 3 rings (SSSR count). The highest BCUT2D eigenvalue weighted by Crippen LogP contribution is 2.37. The predicted molar refractivity (Wildman–Crippen MR) is 126 cm³/mol. The molecule has 0 amide bonds. The van der Waals surface area contributed by atoms with Gasteiger partial charge in [-0.1, -0.05) is 49.2 Å². The molecule has 9 heteroatoms. The summed E-state index contributed by atoms with van der Waals surface area (Å²) in [5.74, 6) is -0.116. The Kier molecular flexibility index (Phi) is 7.42. The van der Waals surface area contributed by atoms with Crippen LogP contribution in [0.5, 0.6) is 0 Å². The van der Waals surface area contributed by atoms with Crippen LogP contribution in [0.2, 0.25) is 10.0 Å². The zero-order valence-corrected chi connectivity index (χ0v) is 20.2. The molecule has 1 heterocycles. The molecule has 0 saturated carbocycles. The Bertz CT molecular complexity index is 1280. The van der Waals surface area contributed by atoms with E-state index in [1.807, 2.05) is 19.9 Å². The zero-order valence-electron chi connectivity index (χ0n) is 17.9. The fraction of sp³-hybridized carbons (Fsp3) is 0.208. The highest BCUT2D eigenvalue weighted by Gasteiger charge is 2.34. The van der Waals surface area contributed by atoms with Crippen molar-refractivity contribution in [1.29, 1.82) is 5.26 Å². The number of allylic oxidation sites excluding steroid dienone is 1. The molecule has 33 heavy (non-hydrogen) atoms. The minimum absolute atomic E-state index is 0.00731. The summed E-state index contributed by atoms with van der Waals surface area (Å²) in [6, 6.07) is 13.4. The van der Waals surface area contributed by atoms with E-state index >= 15 is 0 Å². The summed E-state index contributed by atoms with van der Waals surface area (Å²) >= 11 is 12.0. The van der Waals surface area contributed by atoms with Gasteiger partial charge in [-0.05, 0) is 60.9 Å². The molecule has 1 atom stereocenters. The normalized spacial score (nSPS) is 13.3. The molecule has 0 saturated heterocycles. The van der Waals surface area contributed by atoms with Crippen LogP contribution in [0.25, 0.3) is 11.8 Å². The Hall–Kier alpha value is -2.53. The van der Waals surface area contributed by atoms with E-state index in [-0.39, 0.29) is 31.5 Å². The number of rotatable bonds is 5. The maximum absolute atomic E-state index is 13.7. The number of nitrogens with zero attached hydrogens (tertiary/aromatic N) is 2. The molecule has 3 aromatic rings. The van der Waals surface area contributed by atoms with Gasteiger partial charge in [0.15, 0.2) is 0 Å². The second-order valence-electron chi connectivity index (χ2n) is 7.61. The van der Waals surface area contributed by atoms with E-state index < -0.39 is 22.5 Å². The molecular weight excluding hydrogens is 492 g/mol. The van der Waals surface area contributed by atoms with Gasteiger partial charge >= 0.3 is 6.18 Å². The third-order valence-corrected chi connectivity index (χ3v) is 6.71. The van der Waals surface area contributed by atoms with Gasteiger partial charge in [0, 0.05) is 26.3 Å². The van der Waals surface area contributed by atoms with E-state index in [1.54, 1.807) is 19.1 Å². The molecule has 0 fully saturated rings. The van der Waals surface area contributed by atoms with Crippen LogP contribution in [-0.2, 0) is 17.0 Å². The van der Waals surface area contributed by atoms with Crippen molar-refractivity contribution in [3.63, 3.8) is 0 Å². The minimum Gasteiger partial charge on any atom is -0.317 e. The largest absolute Gasteiger partial charge is 0.418 e. The molecule has 0 N–H and O–H groups in total. The highest BCUT2D eigenvalue weighted by molar-refractivity contribution is 7.89. The Morgan fingerprint density at radius 3 is 2.27 bits per heavy atom. The van der Waals surface area contributed by atoms with E-state index in [2.05, 4.69) is 0 Å². The van der Waals surface area contributed by atoms with Crippen LogP contribution in [0, 0.1) is 18.3 Å². The molecule has 0 aliphatic heterocycles.